The summed E-state index contributed by atoms with van der Waals surface area (Å²) in [6, 6.07) is 0.608. The smallest absolute Gasteiger partial charge is 0.407 e. The first-order valence-corrected chi connectivity index (χ1v) is 8.01. The van der Waals surface area contributed by atoms with Gasteiger partial charge in [-0.2, -0.15) is 0 Å². The summed E-state index contributed by atoms with van der Waals surface area (Å²) in [6.07, 6.45) is 7.59. The highest BCUT2D eigenvalue weighted by Crippen LogP contribution is 2.19. The van der Waals surface area contributed by atoms with Gasteiger partial charge in [0.05, 0.1) is 12.0 Å². The second-order valence-corrected chi connectivity index (χ2v) is 7.08. The van der Waals surface area contributed by atoms with Crippen molar-refractivity contribution in [2.24, 2.45) is 7.05 Å². The van der Waals surface area contributed by atoms with E-state index in [0.717, 1.165) is 32.2 Å². The number of aromatic nitrogens is 2. The van der Waals surface area contributed by atoms with Gasteiger partial charge < -0.3 is 19.9 Å². The summed E-state index contributed by atoms with van der Waals surface area (Å²) >= 11 is 0. The largest absolute Gasteiger partial charge is 0.444 e. The Morgan fingerprint density at radius 3 is 2.77 bits per heavy atom. The minimum absolute atomic E-state index is 0.188. The van der Waals surface area contributed by atoms with E-state index in [1.54, 1.807) is 0 Å². The van der Waals surface area contributed by atoms with Gasteiger partial charge in [0.25, 0.3) is 0 Å². The first-order chi connectivity index (χ1) is 10.3. The molecule has 1 aromatic rings. The number of carbonyl (C=O) groups excluding carboxylic acids is 1. The Morgan fingerprint density at radius 1 is 1.41 bits per heavy atom. The van der Waals surface area contributed by atoms with E-state index in [9.17, 15) is 4.79 Å². The fraction of sp³-hybridized carbons (Fsp3) is 0.750. The van der Waals surface area contributed by atoms with Crippen LogP contribution in [0.4, 0.5) is 4.79 Å². The van der Waals surface area contributed by atoms with E-state index in [2.05, 4.69) is 15.6 Å². The lowest BCUT2D eigenvalue weighted by molar-refractivity contribution is 0.0488. The molecule has 2 atom stereocenters. The molecule has 2 rings (SSSR count). The third kappa shape index (κ3) is 5.33. The van der Waals surface area contributed by atoms with Gasteiger partial charge in [-0.15, -0.1) is 0 Å². The maximum Gasteiger partial charge on any atom is 0.407 e. The van der Waals surface area contributed by atoms with Crippen molar-refractivity contribution in [2.75, 3.05) is 0 Å². The molecule has 1 saturated carbocycles. The molecular weight excluding hydrogens is 280 g/mol. The summed E-state index contributed by atoms with van der Waals surface area (Å²) < 4.78 is 7.35. The highest BCUT2D eigenvalue weighted by molar-refractivity contribution is 5.68. The second kappa shape index (κ2) is 7.13. The molecule has 1 heterocycles. The van der Waals surface area contributed by atoms with Gasteiger partial charge in [0.1, 0.15) is 5.60 Å². The predicted molar refractivity (Wildman–Crippen MR) is 85.5 cm³/mol. The molecule has 1 aromatic heterocycles. The van der Waals surface area contributed by atoms with Crippen LogP contribution < -0.4 is 10.6 Å². The Labute approximate surface area is 132 Å². The number of carbonyl (C=O) groups is 1. The monoisotopic (exact) mass is 308 g/mol. The summed E-state index contributed by atoms with van der Waals surface area (Å²) in [5.74, 6) is 0. The Hall–Kier alpha value is -1.56. The molecule has 0 aromatic carbocycles. The normalized spacial score (nSPS) is 22.4. The number of amides is 1. The maximum absolute atomic E-state index is 11.9. The predicted octanol–water partition coefficient (Wildman–Crippen LogP) is 2.35. The lowest BCUT2D eigenvalue weighted by Crippen LogP contribution is -2.45. The number of rotatable bonds is 4. The molecule has 0 radical (unpaired) electrons. The second-order valence-electron chi connectivity index (χ2n) is 7.08. The van der Waals surface area contributed by atoms with Gasteiger partial charge in [0.15, 0.2) is 0 Å². The number of nitrogens with zero attached hydrogens (tertiary/aromatic N) is 2. The fourth-order valence-electron chi connectivity index (χ4n) is 2.78. The molecule has 1 amide bonds. The molecule has 0 spiro atoms. The summed E-state index contributed by atoms with van der Waals surface area (Å²) in [6.45, 7) is 6.45. The molecule has 6 nitrogen and oxygen atoms in total. The van der Waals surface area contributed by atoms with E-state index < -0.39 is 5.60 Å². The number of hydrogen-bond acceptors (Lipinski definition) is 4. The molecule has 6 heteroatoms. The zero-order valence-electron chi connectivity index (χ0n) is 14.1. The van der Waals surface area contributed by atoms with Crippen LogP contribution in [-0.2, 0) is 18.3 Å². The van der Waals surface area contributed by atoms with Crippen LogP contribution in [0.2, 0.25) is 0 Å². The molecule has 1 fully saturated rings. The van der Waals surface area contributed by atoms with Crippen LogP contribution in [0.3, 0.4) is 0 Å². The molecule has 124 valence electrons. The maximum atomic E-state index is 11.9. The Bertz CT molecular complexity index is 493. The van der Waals surface area contributed by atoms with Gasteiger partial charge in [0, 0.05) is 31.9 Å². The number of imidazole rings is 1. The Morgan fingerprint density at radius 2 is 2.14 bits per heavy atom. The molecule has 22 heavy (non-hydrogen) atoms. The number of nitrogens with one attached hydrogen (secondary N) is 2. The molecule has 2 N–H and O–H groups in total. The van der Waals surface area contributed by atoms with Crippen molar-refractivity contribution >= 4 is 6.09 Å². The van der Waals surface area contributed by atoms with Crippen LogP contribution in [-0.4, -0.2) is 33.3 Å². The topological polar surface area (TPSA) is 68.2 Å². The highest BCUT2D eigenvalue weighted by Gasteiger charge is 2.25. The van der Waals surface area contributed by atoms with Gasteiger partial charge in [-0.05, 0) is 46.5 Å². The van der Waals surface area contributed by atoms with E-state index in [-0.39, 0.29) is 12.1 Å². The van der Waals surface area contributed by atoms with Crippen LogP contribution in [0.15, 0.2) is 12.5 Å². The minimum atomic E-state index is -0.448. The van der Waals surface area contributed by atoms with Crippen LogP contribution in [0.25, 0.3) is 0 Å². The molecule has 1 aliphatic rings. The van der Waals surface area contributed by atoms with Gasteiger partial charge in [-0.1, -0.05) is 0 Å². The van der Waals surface area contributed by atoms with Crippen molar-refractivity contribution in [3.8, 4) is 0 Å². The third-order valence-electron chi connectivity index (χ3n) is 3.88. The highest BCUT2D eigenvalue weighted by atomic mass is 16.6. The summed E-state index contributed by atoms with van der Waals surface area (Å²) in [4.78, 5) is 16.0. The fourth-order valence-corrected chi connectivity index (χ4v) is 2.78. The van der Waals surface area contributed by atoms with Crippen molar-refractivity contribution in [1.29, 1.82) is 0 Å². The summed E-state index contributed by atoms with van der Waals surface area (Å²) in [5, 5.41) is 6.55. The van der Waals surface area contributed by atoms with Gasteiger partial charge in [0.2, 0.25) is 0 Å². The van der Waals surface area contributed by atoms with E-state index in [1.165, 1.54) is 5.69 Å². The van der Waals surface area contributed by atoms with E-state index >= 15 is 0 Å². The Kier molecular flexibility index (Phi) is 5.45. The van der Waals surface area contributed by atoms with Crippen molar-refractivity contribution in [1.82, 2.24) is 20.2 Å². The van der Waals surface area contributed by atoms with Crippen LogP contribution in [0, 0.1) is 0 Å². The van der Waals surface area contributed by atoms with Gasteiger partial charge in [-0.3, -0.25) is 0 Å². The first-order valence-electron chi connectivity index (χ1n) is 8.01. The van der Waals surface area contributed by atoms with Crippen molar-refractivity contribution < 1.29 is 9.53 Å². The standard InChI is InChI=1S/C16H28N4O2/c1-16(2,3)22-15(21)19-13-7-5-6-12(8-13)18-10-14-9-17-11-20(14)4/h9,11-13,18H,5-8,10H2,1-4H3,(H,19,21)/t12-,13-/m0/s1. The average molecular weight is 308 g/mol. The molecule has 0 unspecified atom stereocenters. The summed E-state index contributed by atoms with van der Waals surface area (Å²) in [7, 11) is 2.00. The zero-order valence-corrected chi connectivity index (χ0v) is 14.1. The average Bonchev–Trinajstić information content (AvgIpc) is 2.80. The van der Waals surface area contributed by atoms with Gasteiger partial charge in [-0.25, -0.2) is 9.78 Å². The third-order valence-corrected chi connectivity index (χ3v) is 3.88. The number of aryl methyl sites for hydroxylation is 1. The Balaban J connectivity index is 1.77. The molecule has 0 bridgehead atoms. The summed E-state index contributed by atoms with van der Waals surface area (Å²) in [5.41, 5.74) is 0.720. The SMILES string of the molecule is Cn1cncc1CN[C@H]1CCC[C@H](NC(=O)OC(C)(C)C)C1. The zero-order chi connectivity index (χ0) is 16.2. The minimum Gasteiger partial charge on any atom is -0.444 e. The lowest BCUT2D eigenvalue weighted by atomic mass is 9.91. The van der Waals surface area contributed by atoms with E-state index in [0.29, 0.717) is 6.04 Å². The van der Waals surface area contributed by atoms with Gasteiger partial charge >= 0.3 is 6.09 Å². The van der Waals surface area contributed by atoms with Crippen molar-refractivity contribution in [3.63, 3.8) is 0 Å². The van der Waals surface area contributed by atoms with Crippen LogP contribution in [0.1, 0.15) is 52.1 Å². The molecule has 0 saturated heterocycles. The quantitative estimate of drug-likeness (QED) is 0.896. The van der Waals surface area contributed by atoms with E-state index in [4.69, 9.17) is 4.74 Å². The van der Waals surface area contributed by atoms with E-state index in [1.807, 2.05) is 44.9 Å². The number of ether oxygens (including phenoxy) is 1. The van der Waals surface area contributed by atoms with Crippen molar-refractivity contribution in [3.05, 3.63) is 18.2 Å². The van der Waals surface area contributed by atoms with Crippen LogP contribution >= 0.6 is 0 Å². The molecule has 1 aliphatic carbocycles. The molecular formula is C16H28N4O2. The molecule has 0 aliphatic heterocycles. The number of alkyl carbamates (subject to hydrolysis) is 1. The van der Waals surface area contributed by atoms with Crippen molar-refractivity contribution in [2.45, 2.75) is 70.7 Å². The lowest BCUT2D eigenvalue weighted by Gasteiger charge is -2.31. The number of hydrogen-bond donors (Lipinski definition) is 2. The van der Waals surface area contributed by atoms with Crippen LogP contribution in [0.5, 0.6) is 0 Å². The first kappa shape index (κ1) is 16.8.